The monoisotopic (exact) mass is 230 g/mol. The molecule has 0 aliphatic heterocycles. The van der Waals surface area contributed by atoms with Gasteiger partial charge in [-0.05, 0) is 25.5 Å². The summed E-state index contributed by atoms with van der Waals surface area (Å²) in [6.45, 7) is 8.40. The first-order valence-electron chi connectivity index (χ1n) is 6.41. The minimum Gasteiger partial charge on any atom is -0.299 e. The minimum absolute atomic E-state index is 0.0230. The quantitative estimate of drug-likeness (QED) is 0.748. The van der Waals surface area contributed by atoms with Crippen molar-refractivity contribution in [2.75, 3.05) is 13.1 Å². The van der Waals surface area contributed by atoms with E-state index in [4.69, 9.17) is 0 Å². The zero-order valence-corrected chi connectivity index (χ0v) is 11.1. The van der Waals surface area contributed by atoms with Gasteiger partial charge < -0.3 is 0 Å². The summed E-state index contributed by atoms with van der Waals surface area (Å²) < 4.78 is 0. The van der Waals surface area contributed by atoms with Crippen molar-refractivity contribution >= 4 is 0 Å². The van der Waals surface area contributed by atoms with Crippen molar-refractivity contribution in [1.29, 1.82) is 5.26 Å². The van der Waals surface area contributed by atoms with Crippen molar-refractivity contribution in [3.8, 4) is 6.07 Å². The molecule has 0 saturated carbocycles. The van der Waals surface area contributed by atoms with Gasteiger partial charge in [0.15, 0.2) is 0 Å². The Morgan fingerprint density at radius 2 is 1.88 bits per heavy atom. The van der Waals surface area contributed by atoms with E-state index in [1.54, 1.807) is 0 Å². The highest BCUT2D eigenvalue weighted by Gasteiger charge is 2.17. The molecule has 0 aliphatic carbocycles. The van der Waals surface area contributed by atoms with Crippen LogP contribution in [0.25, 0.3) is 0 Å². The van der Waals surface area contributed by atoms with Gasteiger partial charge in [0.05, 0.1) is 12.0 Å². The lowest BCUT2D eigenvalue weighted by atomic mass is 9.99. The first-order valence-corrected chi connectivity index (χ1v) is 6.41. The molecule has 1 aromatic rings. The van der Waals surface area contributed by atoms with Gasteiger partial charge in [0, 0.05) is 12.6 Å². The second-order valence-corrected chi connectivity index (χ2v) is 4.44. The van der Waals surface area contributed by atoms with Gasteiger partial charge in [-0.25, -0.2) is 0 Å². The number of hydrogen-bond acceptors (Lipinski definition) is 2. The Morgan fingerprint density at radius 1 is 1.24 bits per heavy atom. The molecule has 0 N–H and O–H groups in total. The molecule has 92 valence electrons. The second-order valence-electron chi connectivity index (χ2n) is 4.44. The van der Waals surface area contributed by atoms with Crippen molar-refractivity contribution in [2.45, 2.75) is 39.2 Å². The SMILES string of the molecule is CCC(C)N(CC)CC(C#N)c1ccccc1. The molecule has 0 bridgehead atoms. The van der Waals surface area contributed by atoms with Gasteiger partial charge in [0.1, 0.15) is 0 Å². The van der Waals surface area contributed by atoms with Crippen LogP contribution in [-0.2, 0) is 0 Å². The molecule has 2 nitrogen and oxygen atoms in total. The Balaban J connectivity index is 2.73. The van der Waals surface area contributed by atoms with Crippen LogP contribution in [0.1, 0.15) is 38.7 Å². The van der Waals surface area contributed by atoms with Crippen LogP contribution in [-0.4, -0.2) is 24.0 Å². The normalized spacial score (nSPS) is 14.3. The highest BCUT2D eigenvalue weighted by atomic mass is 15.1. The Morgan fingerprint density at radius 3 is 2.35 bits per heavy atom. The van der Waals surface area contributed by atoms with E-state index in [0.29, 0.717) is 6.04 Å². The van der Waals surface area contributed by atoms with E-state index in [9.17, 15) is 5.26 Å². The maximum Gasteiger partial charge on any atom is 0.0839 e. The van der Waals surface area contributed by atoms with Crippen LogP contribution in [0.2, 0.25) is 0 Å². The van der Waals surface area contributed by atoms with Crippen LogP contribution in [0.15, 0.2) is 30.3 Å². The van der Waals surface area contributed by atoms with Crippen molar-refractivity contribution in [3.63, 3.8) is 0 Å². The average Bonchev–Trinajstić information content (AvgIpc) is 2.40. The van der Waals surface area contributed by atoms with Crippen molar-refractivity contribution in [2.24, 2.45) is 0 Å². The molecule has 2 unspecified atom stereocenters. The second kappa shape index (κ2) is 7.09. The van der Waals surface area contributed by atoms with E-state index in [1.165, 1.54) is 0 Å². The standard InChI is InChI=1S/C15H22N2/c1-4-13(3)17(5-2)12-15(11-16)14-9-7-6-8-10-14/h6-10,13,15H,4-5,12H2,1-3H3. The van der Waals surface area contributed by atoms with E-state index >= 15 is 0 Å². The lowest BCUT2D eigenvalue weighted by molar-refractivity contribution is 0.211. The van der Waals surface area contributed by atoms with Crippen molar-refractivity contribution < 1.29 is 0 Å². The number of hydrogen-bond donors (Lipinski definition) is 0. The van der Waals surface area contributed by atoms with Gasteiger partial charge in [-0.1, -0.05) is 44.2 Å². The van der Waals surface area contributed by atoms with Gasteiger partial charge in [-0.15, -0.1) is 0 Å². The molecule has 0 heterocycles. The maximum atomic E-state index is 9.30. The lowest BCUT2D eigenvalue weighted by Crippen LogP contribution is -2.35. The zero-order chi connectivity index (χ0) is 12.7. The number of rotatable bonds is 6. The van der Waals surface area contributed by atoms with E-state index in [2.05, 4.69) is 31.7 Å². The van der Waals surface area contributed by atoms with E-state index in [1.807, 2.05) is 30.3 Å². The van der Waals surface area contributed by atoms with E-state index in [0.717, 1.165) is 25.1 Å². The third kappa shape index (κ3) is 3.87. The molecule has 17 heavy (non-hydrogen) atoms. The van der Waals surface area contributed by atoms with E-state index in [-0.39, 0.29) is 5.92 Å². The molecule has 1 rings (SSSR count). The predicted octanol–water partition coefficient (Wildman–Crippen LogP) is 3.41. The molecule has 0 spiro atoms. The van der Waals surface area contributed by atoms with Crippen LogP contribution < -0.4 is 0 Å². The summed E-state index contributed by atoms with van der Waals surface area (Å²) in [5.41, 5.74) is 1.12. The number of nitriles is 1. The van der Waals surface area contributed by atoms with Crippen molar-refractivity contribution in [3.05, 3.63) is 35.9 Å². The molecule has 0 radical (unpaired) electrons. The fourth-order valence-corrected chi connectivity index (χ4v) is 2.02. The zero-order valence-electron chi connectivity index (χ0n) is 11.1. The smallest absolute Gasteiger partial charge is 0.0839 e. The summed E-state index contributed by atoms with van der Waals surface area (Å²) in [4.78, 5) is 2.38. The summed E-state index contributed by atoms with van der Waals surface area (Å²) in [5.74, 6) is -0.0230. The Labute approximate surface area is 105 Å². The Bertz CT molecular complexity index is 353. The first-order chi connectivity index (χ1) is 8.22. The fourth-order valence-electron chi connectivity index (χ4n) is 2.02. The molecule has 0 fully saturated rings. The highest BCUT2D eigenvalue weighted by molar-refractivity contribution is 5.25. The van der Waals surface area contributed by atoms with Crippen LogP contribution in [0, 0.1) is 11.3 Å². The average molecular weight is 230 g/mol. The Hall–Kier alpha value is -1.33. The van der Waals surface area contributed by atoms with Crippen LogP contribution >= 0.6 is 0 Å². The molecule has 0 amide bonds. The summed E-state index contributed by atoms with van der Waals surface area (Å²) in [6, 6.07) is 13.0. The number of nitrogens with zero attached hydrogens (tertiary/aromatic N) is 2. The highest BCUT2D eigenvalue weighted by Crippen LogP contribution is 2.17. The fraction of sp³-hybridized carbons (Fsp3) is 0.533. The third-order valence-corrected chi connectivity index (χ3v) is 3.40. The molecule has 0 aliphatic rings. The van der Waals surface area contributed by atoms with Crippen molar-refractivity contribution in [1.82, 2.24) is 4.90 Å². The minimum atomic E-state index is -0.0230. The largest absolute Gasteiger partial charge is 0.299 e. The van der Waals surface area contributed by atoms with E-state index < -0.39 is 0 Å². The topological polar surface area (TPSA) is 27.0 Å². The van der Waals surface area contributed by atoms with Crippen LogP contribution in [0.5, 0.6) is 0 Å². The van der Waals surface area contributed by atoms with Gasteiger partial charge in [0.25, 0.3) is 0 Å². The summed E-state index contributed by atoms with van der Waals surface area (Å²) in [6.07, 6.45) is 1.13. The molecule has 2 heteroatoms. The summed E-state index contributed by atoms with van der Waals surface area (Å²) in [5, 5.41) is 9.30. The van der Waals surface area contributed by atoms with Gasteiger partial charge in [0.2, 0.25) is 0 Å². The molecule has 0 saturated heterocycles. The molecule has 1 aromatic carbocycles. The van der Waals surface area contributed by atoms with Gasteiger partial charge in [-0.3, -0.25) is 4.90 Å². The first kappa shape index (κ1) is 13.7. The predicted molar refractivity (Wildman–Crippen MR) is 71.8 cm³/mol. The summed E-state index contributed by atoms with van der Waals surface area (Å²) in [7, 11) is 0. The van der Waals surface area contributed by atoms with Gasteiger partial charge >= 0.3 is 0 Å². The molecular weight excluding hydrogens is 208 g/mol. The molecule has 0 aromatic heterocycles. The van der Waals surface area contributed by atoms with Crippen LogP contribution in [0.3, 0.4) is 0 Å². The molecular formula is C15H22N2. The summed E-state index contributed by atoms with van der Waals surface area (Å²) >= 11 is 0. The maximum absolute atomic E-state index is 9.30. The number of benzene rings is 1. The van der Waals surface area contributed by atoms with Crippen LogP contribution in [0.4, 0.5) is 0 Å². The Kier molecular flexibility index (Phi) is 5.72. The lowest BCUT2D eigenvalue weighted by Gasteiger charge is -2.28. The van der Waals surface area contributed by atoms with Gasteiger partial charge in [-0.2, -0.15) is 5.26 Å². The number of likely N-dealkylation sites (N-methyl/N-ethyl adjacent to an activating group) is 1. The molecule has 2 atom stereocenters. The third-order valence-electron chi connectivity index (χ3n) is 3.40.